The predicted octanol–water partition coefficient (Wildman–Crippen LogP) is 15.0. The molecule has 342 valence electrons. The van der Waals surface area contributed by atoms with E-state index < -0.39 is 11.5 Å². The Kier molecular flexibility index (Phi) is 47.1. The van der Waals surface area contributed by atoms with E-state index in [0.29, 0.717) is 6.61 Å². The number of hydrogen-bond donors (Lipinski definition) is 1. The van der Waals surface area contributed by atoms with E-state index in [2.05, 4.69) is 38.9 Å². The minimum atomic E-state index is -0.431. The summed E-state index contributed by atoms with van der Waals surface area (Å²) in [6, 6.07) is 0. The number of nitrogens with zero attached hydrogens (tertiary/aromatic N) is 1. The molecule has 1 N–H and O–H groups in total. The number of esters is 1. The lowest BCUT2D eigenvalue weighted by Gasteiger charge is -2.22. The molecule has 0 aliphatic carbocycles. The minimum absolute atomic E-state index is 0.0651. The molecule has 0 aromatic heterocycles. The highest BCUT2D eigenvalue weighted by molar-refractivity contribution is 8.00. The zero-order valence-electron chi connectivity index (χ0n) is 39.0. The van der Waals surface area contributed by atoms with Crippen molar-refractivity contribution in [2.45, 2.75) is 251 Å². The lowest BCUT2D eigenvalue weighted by Crippen LogP contribution is -2.27. The Balaban J connectivity index is 4.35. The normalized spacial score (nSPS) is 13.4. The minimum Gasteiger partial charge on any atom is -0.465 e. The second kappa shape index (κ2) is 47.1. The van der Waals surface area contributed by atoms with Crippen LogP contribution in [0.3, 0.4) is 0 Å². The Hall–Kier alpha value is 0.01000. The van der Waals surface area contributed by atoms with E-state index >= 15 is 0 Å². The summed E-state index contributed by atoms with van der Waals surface area (Å²) in [6.45, 7) is 14.1. The summed E-state index contributed by atoms with van der Waals surface area (Å²) < 4.78 is 18.5. The van der Waals surface area contributed by atoms with Crippen LogP contribution in [0, 0.1) is 5.92 Å². The number of ether oxygens (including phenoxy) is 1. The highest BCUT2D eigenvalue weighted by Gasteiger charge is 2.24. The van der Waals surface area contributed by atoms with Gasteiger partial charge in [0.2, 0.25) is 0 Å². The van der Waals surface area contributed by atoms with Crippen LogP contribution in [0.15, 0.2) is 0 Å². The maximum absolute atomic E-state index is 13.0. The molecule has 0 heterocycles. The molecule has 0 fully saturated rings. The Labute approximate surface area is 364 Å². The third-order valence-corrected chi connectivity index (χ3v) is 13.7. The smallest absolute Gasteiger partial charge is 0.312 e. The fraction of sp³-hybridized carbons (Fsp3) is 0.980. The van der Waals surface area contributed by atoms with Crippen molar-refractivity contribution in [3.05, 3.63) is 0 Å². The van der Waals surface area contributed by atoms with Gasteiger partial charge in [0.25, 0.3) is 0 Å². The number of thioether (sulfide) groups is 1. The zero-order chi connectivity index (χ0) is 41.7. The number of rotatable bonds is 48. The molecule has 0 aromatic carbocycles. The van der Waals surface area contributed by atoms with Gasteiger partial charge in [0.05, 0.1) is 12.5 Å². The quantitative estimate of drug-likeness (QED) is 0.0283. The van der Waals surface area contributed by atoms with Crippen molar-refractivity contribution in [3.8, 4) is 0 Å². The standard InChI is InChI=1S/C49H100NO5S2/c1-6-10-14-18-21-28-38-47(37-27-17-13-9-4)49(52)53-44-34-24-22-30-40-50(42-32-33-43-51)41-31-23-25-35-45-54-57(5)55-48(39-29-20-16-12-8-3)56-46-36-26-19-15-11-7-2/h47-48,51H,6-46H2,1-5H3/q+1. The van der Waals surface area contributed by atoms with Gasteiger partial charge in [-0.25, -0.2) is 0 Å². The molecular weight excluding hydrogens is 747 g/mol. The summed E-state index contributed by atoms with van der Waals surface area (Å²) >= 11 is 1.59. The molecule has 0 aliphatic rings. The molecular formula is C49H100NO5S2+. The number of aliphatic hydroxyl groups excluding tert-OH is 1. The molecule has 57 heavy (non-hydrogen) atoms. The SMILES string of the molecule is CCCCCCCCSC(CCCCCCC)O[S+](C)OCCCCCCN(CCCCO)CCCCCCOC(=O)C(CCCCCC)CCCCCCCC. The monoisotopic (exact) mass is 847 g/mol. The van der Waals surface area contributed by atoms with Crippen LogP contribution in [0.2, 0.25) is 0 Å². The first-order chi connectivity index (χ1) is 28.0. The van der Waals surface area contributed by atoms with Crippen LogP contribution in [0.5, 0.6) is 0 Å². The molecule has 0 amide bonds. The van der Waals surface area contributed by atoms with Crippen LogP contribution in [-0.4, -0.2) is 72.9 Å². The highest BCUT2D eigenvalue weighted by atomic mass is 32.2. The summed E-state index contributed by atoms with van der Waals surface area (Å²) in [5.41, 5.74) is 0.271. The third-order valence-electron chi connectivity index (χ3n) is 11.3. The molecule has 6 nitrogen and oxygen atoms in total. The fourth-order valence-corrected chi connectivity index (χ4v) is 9.88. The van der Waals surface area contributed by atoms with E-state index in [-0.39, 0.29) is 23.9 Å². The molecule has 3 unspecified atom stereocenters. The van der Waals surface area contributed by atoms with Gasteiger partial charge in [-0.1, -0.05) is 175 Å². The van der Waals surface area contributed by atoms with E-state index in [4.69, 9.17) is 13.1 Å². The van der Waals surface area contributed by atoms with Crippen LogP contribution in [-0.2, 0) is 29.4 Å². The lowest BCUT2D eigenvalue weighted by molar-refractivity contribution is -0.149. The van der Waals surface area contributed by atoms with Crippen LogP contribution in [0.4, 0.5) is 0 Å². The molecule has 0 bridgehead atoms. The molecule has 0 rings (SSSR count). The van der Waals surface area contributed by atoms with Gasteiger partial charge in [-0.15, -0.1) is 20.1 Å². The predicted molar refractivity (Wildman–Crippen MR) is 254 cm³/mol. The lowest BCUT2D eigenvalue weighted by atomic mass is 9.94. The van der Waals surface area contributed by atoms with E-state index in [1.165, 1.54) is 160 Å². The van der Waals surface area contributed by atoms with E-state index in [0.717, 1.165) is 90.4 Å². The van der Waals surface area contributed by atoms with Crippen molar-refractivity contribution in [2.24, 2.45) is 5.92 Å². The van der Waals surface area contributed by atoms with Crippen molar-refractivity contribution in [3.63, 3.8) is 0 Å². The summed E-state index contributed by atoms with van der Waals surface area (Å²) in [5, 5.41) is 9.35. The van der Waals surface area contributed by atoms with Gasteiger partial charge in [-0.05, 0) is 96.0 Å². The van der Waals surface area contributed by atoms with Crippen molar-refractivity contribution in [1.82, 2.24) is 4.90 Å². The molecule has 0 saturated heterocycles. The Bertz CT molecular complexity index is 793. The first kappa shape index (κ1) is 57.0. The maximum Gasteiger partial charge on any atom is 0.312 e. The van der Waals surface area contributed by atoms with Gasteiger partial charge < -0.3 is 14.7 Å². The van der Waals surface area contributed by atoms with E-state index in [1.54, 1.807) is 0 Å². The molecule has 0 aliphatic heterocycles. The Morgan fingerprint density at radius 2 is 0.947 bits per heavy atom. The average Bonchev–Trinajstić information content (AvgIpc) is 3.21. The highest BCUT2D eigenvalue weighted by Crippen LogP contribution is 2.25. The van der Waals surface area contributed by atoms with Crippen LogP contribution in [0.1, 0.15) is 246 Å². The van der Waals surface area contributed by atoms with Gasteiger partial charge in [0, 0.05) is 6.61 Å². The number of hydrogen-bond acceptors (Lipinski definition) is 7. The molecule has 8 heteroatoms. The van der Waals surface area contributed by atoms with Gasteiger partial charge in [0.1, 0.15) is 6.61 Å². The molecule has 0 saturated carbocycles. The summed E-state index contributed by atoms with van der Waals surface area (Å²) in [5.74, 6) is 1.37. The van der Waals surface area contributed by atoms with Crippen LogP contribution in [0.25, 0.3) is 0 Å². The van der Waals surface area contributed by atoms with Gasteiger partial charge in [0.15, 0.2) is 11.7 Å². The number of carbonyl (C=O) groups is 1. The zero-order valence-corrected chi connectivity index (χ0v) is 40.6. The summed E-state index contributed by atoms with van der Waals surface area (Å²) in [4.78, 5) is 15.6. The van der Waals surface area contributed by atoms with Gasteiger partial charge in [-0.2, -0.15) is 0 Å². The van der Waals surface area contributed by atoms with E-state index in [9.17, 15) is 9.90 Å². The average molecular weight is 847 g/mol. The number of aliphatic hydroxyl groups is 1. The topological polar surface area (TPSA) is 68.2 Å². The summed E-state index contributed by atoms with van der Waals surface area (Å²) in [7, 11) is 0. The number of carbonyl (C=O) groups excluding carboxylic acids is 1. The first-order valence-electron chi connectivity index (χ1n) is 25.1. The fourth-order valence-electron chi connectivity index (χ4n) is 7.55. The first-order valence-corrected chi connectivity index (χ1v) is 27.6. The molecule has 0 radical (unpaired) electrons. The Morgan fingerprint density at radius 3 is 1.49 bits per heavy atom. The molecule has 3 atom stereocenters. The maximum atomic E-state index is 13.0. The van der Waals surface area contributed by atoms with Crippen LogP contribution >= 0.6 is 11.8 Å². The second-order valence-electron chi connectivity index (χ2n) is 17.0. The van der Waals surface area contributed by atoms with Gasteiger partial charge >= 0.3 is 17.4 Å². The second-order valence-corrected chi connectivity index (χ2v) is 19.5. The van der Waals surface area contributed by atoms with Crippen molar-refractivity contribution < 1.29 is 23.0 Å². The molecule has 0 aromatic rings. The van der Waals surface area contributed by atoms with E-state index in [1.807, 2.05) is 11.8 Å². The van der Waals surface area contributed by atoms with Gasteiger partial charge in [-0.3, -0.25) is 4.79 Å². The van der Waals surface area contributed by atoms with Crippen LogP contribution < -0.4 is 0 Å². The molecule has 0 spiro atoms. The van der Waals surface area contributed by atoms with Crippen molar-refractivity contribution in [2.75, 3.05) is 51.5 Å². The Morgan fingerprint density at radius 1 is 0.526 bits per heavy atom. The summed E-state index contributed by atoms with van der Waals surface area (Å²) in [6.07, 6.45) is 43.6. The van der Waals surface area contributed by atoms with Crippen molar-refractivity contribution >= 4 is 29.2 Å². The van der Waals surface area contributed by atoms with Crippen molar-refractivity contribution in [1.29, 1.82) is 0 Å². The third kappa shape index (κ3) is 41.2. The number of unbranched alkanes of at least 4 members (excludes halogenated alkanes) is 24. The largest absolute Gasteiger partial charge is 0.465 e.